The van der Waals surface area contributed by atoms with Gasteiger partial charge in [-0.2, -0.15) is 0 Å². The normalized spacial score (nSPS) is 23.4. The molecule has 2 saturated heterocycles. The van der Waals surface area contributed by atoms with Crippen LogP contribution < -0.4 is 5.32 Å². The molecule has 0 bridgehead atoms. The minimum Gasteiger partial charge on any atom is -0.394 e. The van der Waals surface area contributed by atoms with E-state index in [1.54, 1.807) is 0 Å². The molecule has 516 valence electrons. The van der Waals surface area contributed by atoms with Gasteiger partial charge in [-0.05, 0) is 51.4 Å². The summed E-state index contributed by atoms with van der Waals surface area (Å²) >= 11 is 0. The predicted molar refractivity (Wildman–Crippen MR) is 360 cm³/mol. The lowest BCUT2D eigenvalue weighted by molar-refractivity contribution is -0.359. The molecule has 9 N–H and O–H groups in total. The fourth-order valence-corrected chi connectivity index (χ4v) is 12.2. The smallest absolute Gasteiger partial charge is 0.220 e. The van der Waals surface area contributed by atoms with Crippen molar-refractivity contribution in [3.63, 3.8) is 0 Å². The monoisotopic (exact) mass is 1250 g/mol. The Labute approximate surface area is 537 Å². The van der Waals surface area contributed by atoms with Gasteiger partial charge in [0.1, 0.15) is 48.8 Å². The number of aliphatic hydroxyl groups is 8. The van der Waals surface area contributed by atoms with Gasteiger partial charge in [-0.3, -0.25) is 4.79 Å². The number of aliphatic hydroxyl groups excluding tert-OH is 8. The summed E-state index contributed by atoms with van der Waals surface area (Å²) in [7, 11) is 0. The highest BCUT2D eigenvalue weighted by Crippen LogP contribution is 2.30. The maximum absolute atomic E-state index is 13.4. The van der Waals surface area contributed by atoms with Crippen LogP contribution in [0.4, 0.5) is 0 Å². The van der Waals surface area contributed by atoms with Crippen molar-refractivity contribution in [1.82, 2.24) is 5.32 Å². The molecule has 0 saturated carbocycles. The minimum atomic E-state index is -1.79. The number of hydrogen-bond donors (Lipinski definition) is 9. The summed E-state index contributed by atoms with van der Waals surface area (Å²) in [6.45, 7) is 2.79. The predicted octanol–water partition coefficient (Wildman–Crippen LogP) is 15.5. The van der Waals surface area contributed by atoms with E-state index in [1.807, 2.05) is 0 Å². The van der Waals surface area contributed by atoms with Crippen molar-refractivity contribution in [2.24, 2.45) is 0 Å². The van der Waals surface area contributed by atoms with Crippen molar-refractivity contribution in [2.45, 2.75) is 396 Å². The lowest BCUT2D eigenvalue weighted by Gasteiger charge is -2.46. The summed E-state index contributed by atoms with van der Waals surface area (Å²) in [5.74, 6) is -0.212. The second-order valence-corrected chi connectivity index (χ2v) is 26.0. The first-order valence-corrected chi connectivity index (χ1v) is 36.9. The van der Waals surface area contributed by atoms with Crippen molar-refractivity contribution < 1.29 is 64.6 Å². The second kappa shape index (κ2) is 58.7. The molecule has 12 atom stereocenters. The maximum Gasteiger partial charge on any atom is 0.220 e. The zero-order valence-corrected chi connectivity index (χ0v) is 56.2. The number of carbonyl (C=O) groups excluding carboxylic acids is 1. The Hall–Kier alpha value is -2.05. The number of amides is 1. The van der Waals surface area contributed by atoms with Crippen LogP contribution in [-0.2, 0) is 23.7 Å². The van der Waals surface area contributed by atoms with E-state index in [-0.39, 0.29) is 12.5 Å². The van der Waals surface area contributed by atoms with Crippen LogP contribution in [0.2, 0.25) is 0 Å². The molecule has 0 aliphatic carbocycles. The largest absolute Gasteiger partial charge is 0.394 e. The standard InChI is InChI=1S/C74H137NO13/c1-3-5-7-9-11-13-15-17-19-21-23-25-26-27-28-29-30-31-32-33-34-35-36-38-39-41-43-45-47-49-51-53-55-57-63(78)62(61-85-73-71(84)69(82)72(65(60-77)87-73)88-74-70(83)68(81)67(80)64(59-76)86-74)75-66(79)58-56-54-52-50-48-46-44-42-40-37-24-22-20-18-16-14-12-10-8-6-4-2/h6,8,12,14,18,20,24,37,62-65,67-74,76-78,80-84H,3-5,7,9-11,13,15-17,19,21-23,25-36,38-61H2,1-2H3,(H,75,79)/b8-6-,14-12-,20-18-,37-24-. The quantitative estimate of drug-likeness (QED) is 0.0204. The molecule has 1 amide bonds. The third-order valence-electron chi connectivity index (χ3n) is 18.1. The van der Waals surface area contributed by atoms with Gasteiger partial charge >= 0.3 is 0 Å². The lowest BCUT2D eigenvalue weighted by Crippen LogP contribution is -2.65. The number of nitrogens with one attached hydrogen (secondary N) is 1. The summed E-state index contributed by atoms with van der Waals surface area (Å²) < 4.78 is 22.9. The van der Waals surface area contributed by atoms with E-state index in [1.165, 1.54) is 212 Å². The zero-order chi connectivity index (χ0) is 63.8. The third kappa shape index (κ3) is 42.2. The van der Waals surface area contributed by atoms with E-state index in [9.17, 15) is 45.6 Å². The van der Waals surface area contributed by atoms with Gasteiger partial charge in [0, 0.05) is 6.42 Å². The number of unbranched alkanes of at least 4 members (excludes halogenated alkanes) is 40. The van der Waals surface area contributed by atoms with Crippen LogP contribution >= 0.6 is 0 Å². The van der Waals surface area contributed by atoms with E-state index in [0.29, 0.717) is 19.3 Å². The molecule has 2 aliphatic heterocycles. The van der Waals surface area contributed by atoms with Gasteiger partial charge in [0.15, 0.2) is 12.6 Å². The average Bonchev–Trinajstić information content (AvgIpc) is 2.01. The first-order chi connectivity index (χ1) is 43.1. The van der Waals surface area contributed by atoms with Crippen molar-refractivity contribution in [3.8, 4) is 0 Å². The van der Waals surface area contributed by atoms with Crippen molar-refractivity contribution >= 4 is 5.91 Å². The Morgan fingerprint density at radius 2 is 0.784 bits per heavy atom. The van der Waals surface area contributed by atoms with Crippen LogP contribution in [0.15, 0.2) is 48.6 Å². The highest BCUT2D eigenvalue weighted by Gasteiger charge is 2.51. The fraction of sp³-hybridized carbons (Fsp3) is 0.878. The molecule has 0 aromatic rings. The van der Waals surface area contributed by atoms with Crippen LogP contribution in [0.5, 0.6) is 0 Å². The number of rotatable bonds is 61. The molecule has 14 nitrogen and oxygen atoms in total. The Morgan fingerprint density at radius 3 is 1.20 bits per heavy atom. The molecule has 0 aromatic heterocycles. The molecule has 14 heteroatoms. The number of ether oxygens (including phenoxy) is 4. The Bertz CT molecular complexity index is 1660. The Balaban J connectivity index is 1.63. The van der Waals surface area contributed by atoms with Gasteiger partial charge < -0.3 is 65.1 Å². The first-order valence-electron chi connectivity index (χ1n) is 36.9. The number of carbonyl (C=O) groups is 1. The average molecular weight is 1250 g/mol. The second-order valence-electron chi connectivity index (χ2n) is 26.0. The van der Waals surface area contributed by atoms with Gasteiger partial charge in [0.2, 0.25) is 5.91 Å². The highest BCUT2D eigenvalue weighted by molar-refractivity contribution is 5.76. The number of hydrogen-bond acceptors (Lipinski definition) is 13. The summed E-state index contributed by atoms with van der Waals surface area (Å²) in [5.41, 5.74) is 0. The molecular formula is C74H137NO13. The van der Waals surface area contributed by atoms with Crippen LogP contribution in [-0.4, -0.2) is 140 Å². The van der Waals surface area contributed by atoms with Crippen LogP contribution in [0.25, 0.3) is 0 Å². The molecule has 2 rings (SSSR count). The zero-order valence-electron chi connectivity index (χ0n) is 56.2. The van der Waals surface area contributed by atoms with Gasteiger partial charge in [0.25, 0.3) is 0 Å². The topological polar surface area (TPSA) is 228 Å². The maximum atomic E-state index is 13.4. The van der Waals surface area contributed by atoms with Gasteiger partial charge in [-0.15, -0.1) is 0 Å². The fourth-order valence-electron chi connectivity index (χ4n) is 12.2. The Morgan fingerprint density at radius 1 is 0.420 bits per heavy atom. The van der Waals surface area contributed by atoms with Gasteiger partial charge in [-0.1, -0.05) is 313 Å². The summed E-state index contributed by atoms with van der Waals surface area (Å²) in [6, 6.07) is -0.837. The molecule has 0 spiro atoms. The van der Waals surface area contributed by atoms with E-state index in [4.69, 9.17) is 18.9 Å². The van der Waals surface area contributed by atoms with Crippen molar-refractivity contribution in [2.75, 3.05) is 19.8 Å². The van der Waals surface area contributed by atoms with Crippen LogP contribution in [0.1, 0.15) is 322 Å². The van der Waals surface area contributed by atoms with E-state index in [2.05, 4.69) is 67.8 Å². The molecular weight excluding hydrogens is 1110 g/mol. The van der Waals surface area contributed by atoms with Crippen LogP contribution in [0.3, 0.4) is 0 Å². The minimum absolute atomic E-state index is 0.212. The molecule has 2 fully saturated rings. The van der Waals surface area contributed by atoms with E-state index in [0.717, 1.165) is 77.0 Å². The summed E-state index contributed by atoms with van der Waals surface area (Å²) in [5, 5.41) is 87.7. The number of allylic oxidation sites excluding steroid dienone is 8. The Kier molecular flexibility index (Phi) is 54.8. The molecule has 88 heavy (non-hydrogen) atoms. The molecule has 2 aliphatic rings. The molecule has 0 aromatic carbocycles. The SMILES string of the molecule is CC/C=C\C/C=C\C/C=C\C/C=C\CCCCCCCCCCC(=O)NC(COC1OC(CO)C(OC2OC(CO)C(O)C(O)C2O)C(O)C1O)C(O)CCCCCCCCCCCCCCCCCCCCCCCCCCCCCCCCCCC. The molecule has 2 heterocycles. The summed E-state index contributed by atoms with van der Waals surface area (Å²) in [4.78, 5) is 13.4. The highest BCUT2D eigenvalue weighted by atomic mass is 16.7. The van der Waals surface area contributed by atoms with E-state index < -0.39 is 86.8 Å². The molecule has 12 unspecified atom stereocenters. The van der Waals surface area contributed by atoms with Crippen molar-refractivity contribution in [1.29, 1.82) is 0 Å². The van der Waals surface area contributed by atoms with E-state index >= 15 is 0 Å². The van der Waals surface area contributed by atoms with Gasteiger partial charge in [-0.25, -0.2) is 0 Å². The van der Waals surface area contributed by atoms with Crippen LogP contribution in [0, 0.1) is 0 Å². The summed E-state index contributed by atoms with van der Waals surface area (Å²) in [6.07, 6.45) is 60.0. The van der Waals surface area contributed by atoms with Gasteiger partial charge in [0.05, 0.1) is 32.0 Å². The first kappa shape index (κ1) is 82.0. The lowest BCUT2D eigenvalue weighted by atomic mass is 9.97. The molecule has 0 radical (unpaired) electrons. The van der Waals surface area contributed by atoms with Crippen molar-refractivity contribution in [3.05, 3.63) is 48.6 Å². The third-order valence-corrected chi connectivity index (χ3v) is 18.1.